The van der Waals surface area contributed by atoms with E-state index in [0.717, 1.165) is 61.6 Å². The molecule has 0 amide bonds. The topological polar surface area (TPSA) is 46.8 Å². The van der Waals surface area contributed by atoms with Crippen LogP contribution in [0.5, 0.6) is 0 Å². The van der Waals surface area contributed by atoms with Gasteiger partial charge in [-0.05, 0) is 97.4 Å². The van der Waals surface area contributed by atoms with E-state index in [1.807, 2.05) is 36.4 Å². The number of anilines is 3. The first-order chi connectivity index (χ1) is 37.2. The average molecular weight is 954 g/mol. The molecular formula is C69H44BN5. The molecule has 6 heteroatoms. The Hall–Kier alpha value is -9.91. The van der Waals surface area contributed by atoms with Gasteiger partial charge in [-0.3, -0.25) is 0 Å². The van der Waals surface area contributed by atoms with Crippen molar-refractivity contribution in [3.8, 4) is 89.8 Å². The van der Waals surface area contributed by atoms with Crippen molar-refractivity contribution in [1.82, 2.24) is 19.4 Å². The second-order valence-corrected chi connectivity index (χ2v) is 19.5. The van der Waals surface area contributed by atoms with Crippen LogP contribution in [-0.4, -0.2) is 26.3 Å². The van der Waals surface area contributed by atoms with Gasteiger partial charge in [-0.25, -0.2) is 15.0 Å². The maximum atomic E-state index is 5.12. The van der Waals surface area contributed by atoms with Crippen LogP contribution in [0.3, 0.4) is 0 Å². The Morgan fingerprint density at radius 3 is 1.39 bits per heavy atom. The van der Waals surface area contributed by atoms with Gasteiger partial charge in [0.2, 0.25) is 0 Å². The van der Waals surface area contributed by atoms with Crippen LogP contribution in [0, 0.1) is 0 Å². The molecule has 0 spiro atoms. The van der Waals surface area contributed by atoms with Crippen molar-refractivity contribution in [3.05, 3.63) is 267 Å². The van der Waals surface area contributed by atoms with E-state index in [9.17, 15) is 0 Å². The standard InChI is InChI=1S/C69H44BN5/c1-6-21-45(22-7-1)52-41-53(46-23-8-2-9-24-46)43-54(42-52)74-61-36-19-17-34-59(61)70-65-62(74)44-58(63(48-25-10-3-11-26-48)64(65)57-33-20-32-56-55-31-16-18-35-60(55)75(70)66(56)57)47-37-39-51(40-38-47)69-72-67(49-27-12-4-13-28-49)71-68(73-69)50-29-14-5-15-30-50/h1-44H. The van der Waals surface area contributed by atoms with E-state index in [2.05, 4.69) is 240 Å². The summed E-state index contributed by atoms with van der Waals surface area (Å²) in [6.07, 6.45) is 0. The summed E-state index contributed by atoms with van der Waals surface area (Å²) in [5, 5.41) is 2.52. The third-order valence-electron chi connectivity index (χ3n) is 15.2. The van der Waals surface area contributed by atoms with Gasteiger partial charge in [-0.15, -0.1) is 0 Å². The molecule has 0 unspecified atom stereocenters. The minimum Gasteiger partial charge on any atom is -0.375 e. The van der Waals surface area contributed by atoms with Crippen molar-refractivity contribution in [2.24, 2.45) is 0 Å². The number of aromatic nitrogens is 4. The number of nitrogens with zero attached hydrogens (tertiary/aromatic N) is 5. The van der Waals surface area contributed by atoms with Crippen molar-refractivity contribution in [2.75, 3.05) is 4.90 Å². The molecule has 75 heavy (non-hydrogen) atoms. The Balaban J connectivity index is 1.02. The SMILES string of the molecule is c1ccc(-c2cc(-c3ccccc3)cc(N3c4ccccc4B4c5c3cc(-c3ccc(-c6nc(-c7ccccc7)nc(-c7ccccc7)n6)cc3)c(-c3ccccc3)c5-c3cccc5c6ccccc6n4c35)c2)cc1. The van der Waals surface area contributed by atoms with Crippen LogP contribution in [0.4, 0.5) is 17.1 Å². The lowest BCUT2D eigenvalue weighted by Crippen LogP contribution is -2.56. The molecule has 0 fully saturated rings. The molecule has 4 heterocycles. The highest BCUT2D eigenvalue weighted by Gasteiger charge is 2.44. The molecule has 2 aliphatic rings. The van der Waals surface area contributed by atoms with Gasteiger partial charge in [0, 0.05) is 61.1 Å². The normalized spacial score (nSPS) is 12.2. The van der Waals surface area contributed by atoms with Crippen molar-refractivity contribution in [1.29, 1.82) is 0 Å². The van der Waals surface area contributed by atoms with Gasteiger partial charge in [-0.1, -0.05) is 231 Å². The highest BCUT2D eigenvalue weighted by Crippen LogP contribution is 2.52. The molecule has 0 saturated carbocycles. The first-order valence-corrected chi connectivity index (χ1v) is 25.6. The third-order valence-corrected chi connectivity index (χ3v) is 15.2. The van der Waals surface area contributed by atoms with Crippen LogP contribution in [0.1, 0.15) is 0 Å². The smallest absolute Gasteiger partial charge is 0.333 e. The summed E-state index contributed by atoms with van der Waals surface area (Å²) in [6.45, 7) is -0.119. The molecule has 0 N–H and O–H groups in total. The lowest BCUT2D eigenvalue weighted by Gasteiger charge is -2.42. The number of para-hydroxylation sites is 3. The van der Waals surface area contributed by atoms with Gasteiger partial charge < -0.3 is 9.38 Å². The van der Waals surface area contributed by atoms with Gasteiger partial charge in [0.1, 0.15) is 0 Å². The van der Waals surface area contributed by atoms with Crippen LogP contribution in [0.2, 0.25) is 0 Å². The molecule has 2 aromatic heterocycles. The summed E-state index contributed by atoms with van der Waals surface area (Å²) < 4.78 is 2.64. The fourth-order valence-corrected chi connectivity index (χ4v) is 11.9. The average Bonchev–Trinajstić information content (AvgIpc) is 3.89. The van der Waals surface area contributed by atoms with E-state index < -0.39 is 0 Å². The zero-order valence-electron chi connectivity index (χ0n) is 40.7. The quantitative estimate of drug-likeness (QED) is 0.142. The zero-order valence-corrected chi connectivity index (χ0v) is 40.7. The van der Waals surface area contributed by atoms with Gasteiger partial charge in [0.05, 0.1) is 0 Å². The summed E-state index contributed by atoms with van der Waals surface area (Å²) in [4.78, 5) is 17.8. The van der Waals surface area contributed by atoms with E-state index in [1.54, 1.807) is 0 Å². The maximum Gasteiger partial charge on any atom is 0.333 e. The van der Waals surface area contributed by atoms with Crippen LogP contribution in [0.15, 0.2) is 267 Å². The monoisotopic (exact) mass is 953 g/mol. The van der Waals surface area contributed by atoms with Crippen LogP contribution >= 0.6 is 0 Å². The van der Waals surface area contributed by atoms with Crippen LogP contribution in [0.25, 0.3) is 112 Å². The Morgan fingerprint density at radius 1 is 0.307 bits per heavy atom. The molecule has 0 aliphatic carbocycles. The Morgan fingerprint density at radius 2 is 0.787 bits per heavy atom. The molecule has 0 bridgehead atoms. The zero-order chi connectivity index (χ0) is 49.4. The Labute approximate surface area is 435 Å². The summed E-state index contributed by atoms with van der Waals surface area (Å²) in [6, 6.07) is 96.3. The van der Waals surface area contributed by atoms with E-state index in [1.165, 1.54) is 60.5 Å². The van der Waals surface area contributed by atoms with E-state index in [-0.39, 0.29) is 6.85 Å². The molecule has 15 rings (SSSR count). The predicted octanol–water partition coefficient (Wildman–Crippen LogP) is 16.1. The van der Waals surface area contributed by atoms with Crippen molar-refractivity contribution >= 4 is 56.6 Å². The lowest BCUT2D eigenvalue weighted by atomic mass is 9.44. The summed E-state index contributed by atoms with van der Waals surface area (Å²) in [7, 11) is 0. The van der Waals surface area contributed by atoms with Gasteiger partial charge in [-0.2, -0.15) is 0 Å². The highest BCUT2D eigenvalue weighted by atomic mass is 15.2. The number of rotatable bonds is 8. The minimum atomic E-state index is -0.119. The molecule has 0 saturated heterocycles. The van der Waals surface area contributed by atoms with E-state index in [4.69, 9.17) is 15.0 Å². The molecule has 11 aromatic carbocycles. The fraction of sp³-hybridized carbons (Fsp3) is 0. The number of hydrogen-bond donors (Lipinski definition) is 0. The van der Waals surface area contributed by atoms with Crippen LogP contribution < -0.4 is 15.8 Å². The summed E-state index contributed by atoms with van der Waals surface area (Å²) in [5.41, 5.74) is 22.9. The fourth-order valence-electron chi connectivity index (χ4n) is 11.9. The Bertz CT molecular complexity index is 4220. The molecule has 2 aliphatic heterocycles. The first kappa shape index (κ1) is 42.7. The van der Waals surface area contributed by atoms with E-state index in [0.29, 0.717) is 17.5 Å². The molecular weight excluding hydrogens is 910 g/mol. The second-order valence-electron chi connectivity index (χ2n) is 19.5. The van der Waals surface area contributed by atoms with Crippen molar-refractivity contribution < 1.29 is 0 Å². The lowest BCUT2D eigenvalue weighted by molar-refractivity contribution is 1.07. The first-order valence-electron chi connectivity index (χ1n) is 25.6. The van der Waals surface area contributed by atoms with Gasteiger partial charge in [0.15, 0.2) is 17.5 Å². The largest absolute Gasteiger partial charge is 0.375 e. The van der Waals surface area contributed by atoms with Crippen LogP contribution in [-0.2, 0) is 0 Å². The molecule has 13 aromatic rings. The summed E-state index contributed by atoms with van der Waals surface area (Å²) >= 11 is 0. The maximum absolute atomic E-state index is 5.12. The number of hydrogen-bond acceptors (Lipinski definition) is 4. The molecule has 0 radical (unpaired) electrons. The van der Waals surface area contributed by atoms with Gasteiger partial charge >= 0.3 is 6.85 Å². The molecule has 5 nitrogen and oxygen atoms in total. The molecule has 0 atom stereocenters. The molecule has 348 valence electrons. The summed E-state index contributed by atoms with van der Waals surface area (Å²) in [5.74, 6) is 1.89. The van der Waals surface area contributed by atoms with Crippen molar-refractivity contribution in [2.45, 2.75) is 0 Å². The van der Waals surface area contributed by atoms with Gasteiger partial charge in [0.25, 0.3) is 0 Å². The second kappa shape index (κ2) is 17.4. The number of fused-ring (bicyclic) bond motifs is 7. The highest BCUT2D eigenvalue weighted by molar-refractivity contribution is 6.90. The predicted molar refractivity (Wildman–Crippen MR) is 311 cm³/mol. The number of benzene rings is 11. The third kappa shape index (κ3) is 6.99. The van der Waals surface area contributed by atoms with Crippen molar-refractivity contribution in [3.63, 3.8) is 0 Å². The van der Waals surface area contributed by atoms with E-state index >= 15 is 0 Å². The Kier molecular flexibility index (Phi) is 9.92. The minimum absolute atomic E-state index is 0.119.